The molecule has 0 spiro atoms. The third-order valence-electron chi connectivity index (χ3n) is 2.63. The predicted octanol–water partition coefficient (Wildman–Crippen LogP) is 0.580. The normalized spacial score (nSPS) is 10.1. The van der Waals surface area contributed by atoms with Crippen LogP contribution >= 0.6 is 0 Å². The number of aryl methyl sites for hydroxylation is 2. The number of nitrogens with zero attached hydrogens (tertiary/aromatic N) is 1. The molecule has 0 bridgehead atoms. The quantitative estimate of drug-likeness (QED) is 0.717. The van der Waals surface area contributed by atoms with Gasteiger partial charge in [-0.25, -0.2) is 0 Å². The Labute approximate surface area is 100.0 Å². The fourth-order valence-electron chi connectivity index (χ4n) is 1.75. The molecule has 0 aliphatic carbocycles. The second kappa shape index (κ2) is 5.25. The van der Waals surface area contributed by atoms with Gasteiger partial charge in [-0.05, 0) is 11.6 Å². The summed E-state index contributed by atoms with van der Waals surface area (Å²) in [5.74, 6) is -1.14. The number of benzene rings is 1. The van der Waals surface area contributed by atoms with Crippen LogP contribution in [0.3, 0.4) is 0 Å². The molecule has 0 aliphatic rings. The van der Waals surface area contributed by atoms with Crippen LogP contribution in [-0.4, -0.2) is 5.97 Å². The fourth-order valence-corrected chi connectivity index (χ4v) is 1.75. The van der Waals surface area contributed by atoms with Gasteiger partial charge in [0.15, 0.2) is 12.7 Å². The standard InChI is InChI=1S/C14H13NO2/c16-14(17)13-8-4-5-10-15(13)11-9-12-6-2-1-3-7-12/h1-8,10H,9,11H2. The van der Waals surface area contributed by atoms with Crippen molar-refractivity contribution in [2.45, 2.75) is 13.0 Å². The molecule has 0 atom stereocenters. The lowest BCUT2D eigenvalue weighted by Crippen LogP contribution is -2.44. The van der Waals surface area contributed by atoms with Crippen LogP contribution in [0.1, 0.15) is 16.1 Å². The van der Waals surface area contributed by atoms with E-state index in [1.807, 2.05) is 36.4 Å². The number of carbonyl (C=O) groups is 1. The van der Waals surface area contributed by atoms with E-state index in [0.29, 0.717) is 6.54 Å². The molecule has 17 heavy (non-hydrogen) atoms. The van der Waals surface area contributed by atoms with E-state index in [1.54, 1.807) is 22.9 Å². The van der Waals surface area contributed by atoms with Crippen molar-refractivity contribution in [1.29, 1.82) is 0 Å². The smallest absolute Gasteiger partial charge is 0.228 e. The zero-order valence-corrected chi connectivity index (χ0v) is 9.37. The van der Waals surface area contributed by atoms with E-state index < -0.39 is 5.97 Å². The van der Waals surface area contributed by atoms with Crippen molar-refractivity contribution >= 4 is 5.97 Å². The highest BCUT2D eigenvalue weighted by Crippen LogP contribution is 2.00. The number of carboxylic acids is 1. The first-order valence-electron chi connectivity index (χ1n) is 5.51. The molecule has 0 aliphatic heterocycles. The topological polar surface area (TPSA) is 44.0 Å². The third kappa shape index (κ3) is 2.91. The highest BCUT2D eigenvalue weighted by atomic mass is 16.4. The van der Waals surface area contributed by atoms with Crippen molar-refractivity contribution < 1.29 is 14.5 Å². The molecular weight excluding hydrogens is 214 g/mol. The zero-order chi connectivity index (χ0) is 12.1. The van der Waals surface area contributed by atoms with Crippen LogP contribution in [0.15, 0.2) is 54.7 Å². The molecule has 2 aromatic rings. The molecule has 1 heterocycles. The molecule has 0 fully saturated rings. The number of rotatable bonds is 4. The number of hydrogen-bond acceptors (Lipinski definition) is 2. The third-order valence-corrected chi connectivity index (χ3v) is 2.63. The minimum atomic E-state index is -1.14. The van der Waals surface area contributed by atoms with E-state index in [2.05, 4.69) is 0 Å². The van der Waals surface area contributed by atoms with Crippen molar-refractivity contribution in [2.75, 3.05) is 0 Å². The zero-order valence-electron chi connectivity index (χ0n) is 9.37. The molecule has 0 radical (unpaired) electrons. The molecule has 0 unspecified atom stereocenters. The molecular formula is C14H13NO2. The van der Waals surface area contributed by atoms with Gasteiger partial charge in [-0.1, -0.05) is 30.3 Å². The van der Waals surface area contributed by atoms with Crippen molar-refractivity contribution in [2.24, 2.45) is 0 Å². The second-order valence-corrected chi connectivity index (χ2v) is 3.80. The van der Waals surface area contributed by atoms with Crippen molar-refractivity contribution in [1.82, 2.24) is 0 Å². The summed E-state index contributed by atoms with van der Waals surface area (Å²) in [5, 5.41) is 10.9. The highest BCUT2D eigenvalue weighted by Gasteiger charge is 2.09. The average Bonchev–Trinajstić information content (AvgIpc) is 2.38. The van der Waals surface area contributed by atoms with Gasteiger partial charge in [-0.15, -0.1) is 0 Å². The Morgan fingerprint density at radius 2 is 1.76 bits per heavy atom. The van der Waals surface area contributed by atoms with Crippen LogP contribution in [0.2, 0.25) is 0 Å². The molecule has 0 N–H and O–H groups in total. The lowest BCUT2D eigenvalue weighted by molar-refractivity contribution is -0.700. The number of carboxylic acid groups (broad SMARTS) is 1. The van der Waals surface area contributed by atoms with E-state index in [4.69, 9.17) is 0 Å². The van der Waals surface area contributed by atoms with Crippen LogP contribution in [0.5, 0.6) is 0 Å². The molecule has 1 aromatic heterocycles. The predicted molar refractivity (Wildman–Crippen MR) is 61.1 cm³/mol. The first-order valence-corrected chi connectivity index (χ1v) is 5.51. The Morgan fingerprint density at radius 3 is 2.47 bits per heavy atom. The fraction of sp³-hybridized carbons (Fsp3) is 0.143. The summed E-state index contributed by atoms with van der Waals surface area (Å²) in [5.41, 5.74) is 1.40. The van der Waals surface area contributed by atoms with Crippen LogP contribution < -0.4 is 9.67 Å². The Kier molecular flexibility index (Phi) is 3.50. The number of aromatic nitrogens is 1. The van der Waals surface area contributed by atoms with E-state index in [0.717, 1.165) is 6.42 Å². The number of pyridine rings is 1. The second-order valence-electron chi connectivity index (χ2n) is 3.80. The van der Waals surface area contributed by atoms with Gasteiger partial charge in [0.2, 0.25) is 5.69 Å². The summed E-state index contributed by atoms with van der Waals surface area (Å²) < 4.78 is 1.70. The average molecular weight is 227 g/mol. The number of aromatic carboxylic acids is 1. The van der Waals surface area contributed by atoms with Crippen molar-refractivity contribution in [3.8, 4) is 0 Å². The lowest BCUT2D eigenvalue weighted by atomic mass is 10.1. The molecule has 1 aromatic carbocycles. The van der Waals surface area contributed by atoms with Crippen molar-refractivity contribution in [3.63, 3.8) is 0 Å². The van der Waals surface area contributed by atoms with E-state index in [9.17, 15) is 9.90 Å². The summed E-state index contributed by atoms with van der Waals surface area (Å²) in [4.78, 5) is 10.9. The molecule has 0 amide bonds. The Bertz CT molecular complexity index is 509. The van der Waals surface area contributed by atoms with Gasteiger partial charge < -0.3 is 9.90 Å². The van der Waals surface area contributed by atoms with Gasteiger partial charge in [0.05, 0.1) is 0 Å². The summed E-state index contributed by atoms with van der Waals surface area (Å²) in [7, 11) is 0. The van der Waals surface area contributed by atoms with E-state index in [-0.39, 0.29) is 5.69 Å². The van der Waals surface area contributed by atoms with Crippen LogP contribution in [0.25, 0.3) is 0 Å². The van der Waals surface area contributed by atoms with Gasteiger partial charge in [-0.2, -0.15) is 4.57 Å². The summed E-state index contributed by atoms with van der Waals surface area (Å²) >= 11 is 0. The SMILES string of the molecule is O=C([O-])c1cccc[n+]1CCc1ccccc1. The first kappa shape index (κ1) is 11.3. The molecule has 3 heteroatoms. The van der Waals surface area contributed by atoms with Gasteiger partial charge in [0.1, 0.15) is 5.97 Å². The van der Waals surface area contributed by atoms with Crippen molar-refractivity contribution in [3.05, 3.63) is 66.0 Å². The van der Waals surface area contributed by atoms with Gasteiger partial charge >= 0.3 is 0 Å². The largest absolute Gasteiger partial charge is 0.539 e. The van der Waals surface area contributed by atoms with Crippen LogP contribution in [0, 0.1) is 0 Å². The van der Waals surface area contributed by atoms with E-state index in [1.165, 1.54) is 5.56 Å². The number of hydrogen-bond donors (Lipinski definition) is 0. The summed E-state index contributed by atoms with van der Waals surface area (Å²) in [6.07, 6.45) is 2.56. The minimum absolute atomic E-state index is 0.212. The maximum absolute atomic E-state index is 10.9. The minimum Gasteiger partial charge on any atom is -0.539 e. The Hall–Kier alpha value is -2.16. The first-order chi connectivity index (χ1) is 8.27. The molecule has 2 rings (SSSR count). The monoisotopic (exact) mass is 227 g/mol. The molecule has 86 valence electrons. The summed E-state index contributed by atoms with van der Waals surface area (Å²) in [6, 6.07) is 15.0. The number of carbonyl (C=O) groups excluding carboxylic acids is 1. The Morgan fingerprint density at radius 1 is 1.06 bits per heavy atom. The van der Waals surface area contributed by atoms with Gasteiger partial charge in [-0.3, -0.25) is 0 Å². The maximum Gasteiger partial charge on any atom is 0.228 e. The maximum atomic E-state index is 10.9. The van der Waals surface area contributed by atoms with Crippen LogP contribution in [-0.2, 0) is 13.0 Å². The molecule has 3 nitrogen and oxygen atoms in total. The van der Waals surface area contributed by atoms with E-state index >= 15 is 0 Å². The Balaban J connectivity index is 2.12. The van der Waals surface area contributed by atoms with Gasteiger partial charge in [0, 0.05) is 18.6 Å². The summed E-state index contributed by atoms with van der Waals surface area (Å²) in [6.45, 7) is 0.633. The molecule has 0 saturated heterocycles. The highest BCUT2D eigenvalue weighted by molar-refractivity contribution is 5.81. The lowest BCUT2D eigenvalue weighted by Gasteiger charge is -2.04. The van der Waals surface area contributed by atoms with Gasteiger partial charge in [0.25, 0.3) is 0 Å². The molecule has 0 saturated carbocycles. The van der Waals surface area contributed by atoms with Crippen LogP contribution in [0.4, 0.5) is 0 Å².